The Hall–Kier alpha value is -3.48. The van der Waals surface area contributed by atoms with Crippen molar-refractivity contribution < 1.29 is 23.9 Å². The average Bonchev–Trinajstić information content (AvgIpc) is 3.07. The lowest BCUT2D eigenvalue weighted by Crippen LogP contribution is -2.43. The molecule has 1 aliphatic rings. The van der Waals surface area contributed by atoms with E-state index in [9.17, 15) is 19.2 Å². The van der Waals surface area contributed by atoms with Crippen molar-refractivity contribution >= 4 is 23.6 Å². The molecule has 0 radical (unpaired) electrons. The smallest absolute Gasteiger partial charge is 0.311 e. The maximum Gasteiger partial charge on any atom is 0.311 e. The molecule has 2 aromatic carbocycles. The number of nitrogens with zero attached hydrogens (tertiary/aromatic N) is 1. The number of Topliss-reactive ketones (excluding diaryl/α,β-unsaturated/α-hetero) is 1. The van der Waals surface area contributed by atoms with Crippen LogP contribution in [0.25, 0.3) is 0 Å². The van der Waals surface area contributed by atoms with Crippen molar-refractivity contribution in [3.8, 4) is 0 Å². The second kappa shape index (κ2) is 8.47. The van der Waals surface area contributed by atoms with Crippen LogP contribution in [0, 0.1) is 12.8 Å². The van der Waals surface area contributed by atoms with Crippen LogP contribution in [0.2, 0.25) is 0 Å². The number of hydrogen-bond donors (Lipinski definition) is 1. The molecule has 1 atom stereocenters. The number of nitrogens with one attached hydrogen (secondary N) is 1. The Kier molecular flexibility index (Phi) is 5.84. The van der Waals surface area contributed by atoms with Gasteiger partial charge in [0, 0.05) is 17.5 Å². The fraction of sp³-hybridized carbons (Fsp3) is 0.238. The van der Waals surface area contributed by atoms with Crippen molar-refractivity contribution in [2.24, 2.45) is 5.92 Å². The van der Waals surface area contributed by atoms with Gasteiger partial charge in [0.1, 0.15) is 0 Å². The number of benzene rings is 2. The van der Waals surface area contributed by atoms with Crippen molar-refractivity contribution in [1.82, 2.24) is 10.4 Å². The minimum absolute atomic E-state index is 0.00873. The minimum atomic E-state index is -0.727. The molecule has 144 valence electrons. The van der Waals surface area contributed by atoms with E-state index in [1.54, 1.807) is 54.6 Å². The Morgan fingerprint density at radius 1 is 1.04 bits per heavy atom. The molecule has 28 heavy (non-hydrogen) atoms. The van der Waals surface area contributed by atoms with E-state index < -0.39 is 17.8 Å². The maximum absolute atomic E-state index is 12.2. The molecular formula is C21H20N2O5. The summed E-state index contributed by atoms with van der Waals surface area (Å²) in [5.74, 6) is -2.49. The number of carbonyl (C=O) groups is 4. The zero-order valence-corrected chi connectivity index (χ0v) is 15.4. The van der Waals surface area contributed by atoms with Gasteiger partial charge in [-0.1, -0.05) is 48.0 Å². The molecule has 1 saturated heterocycles. The third-order valence-corrected chi connectivity index (χ3v) is 4.45. The lowest BCUT2D eigenvalue weighted by Gasteiger charge is -2.17. The summed E-state index contributed by atoms with van der Waals surface area (Å²) >= 11 is 0. The predicted molar refractivity (Wildman–Crippen MR) is 100 cm³/mol. The summed E-state index contributed by atoms with van der Waals surface area (Å²) in [5, 5.41) is 1.12. The molecule has 0 aliphatic carbocycles. The summed E-state index contributed by atoms with van der Waals surface area (Å²) in [6.45, 7) is 1.53. The first-order chi connectivity index (χ1) is 13.4. The van der Waals surface area contributed by atoms with Gasteiger partial charge in [-0.05, 0) is 19.1 Å². The summed E-state index contributed by atoms with van der Waals surface area (Å²) in [7, 11) is 0. The van der Waals surface area contributed by atoms with Gasteiger partial charge in [0.15, 0.2) is 12.4 Å². The summed E-state index contributed by atoms with van der Waals surface area (Å²) in [5.41, 5.74) is 4.39. The average molecular weight is 380 g/mol. The van der Waals surface area contributed by atoms with E-state index in [4.69, 9.17) is 4.74 Å². The third-order valence-electron chi connectivity index (χ3n) is 4.45. The fourth-order valence-corrected chi connectivity index (χ4v) is 2.83. The molecule has 7 heteroatoms. The van der Waals surface area contributed by atoms with Crippen LogP contribution in [0.5, 0.6) is 0 Å². The number of hydrogen-bond acceptors (Lipinski definition) is 5. The SMILES string of the molecule is Cc1ccc(C(=O)NN2CC(C(=O)OCC(=O)c3ccccc3)CC2=O)cc1. The van der Waals surface area contributed by atoms with E-state index in [0.717, 1.165) is 10.6 Å². The molecular weight excluding hydrogens is 360 g/mol. The summed E-state index contributed by atoms with van der Waals surface area (Å²) in [6, 6.07) is 15.4. The first kappa shape index (κ1) is 19.3. The van der Waals surface area contributed by atoms with E-state index in [1.165, 1.54) is 0 Å². The molecule has 1 heterocycles. The van der Waals surface area contributed by atoms with Gasteiger partial charge in [-0.3, -0.25) is 29.6 Å². The molecule has 2 aromatic rings. The number of esters is 1. The van der Waals surface area contributed by atoms with Crippen molar-refractivity contribution in [3.05, 3.63) is 71.3 Å². The van der Waals surface area contributed by atoms with Gasteiger partial charge in [0.2, 0.25) is 5.91 Å². The highest BCUT2D eigenvalue weighted by Gasteiger charge is 2.36. The highest BCUT2D eigenvalue weighted by atomic mass is 16.5. The number of rotatable bonds is 6. The predicted octanol–water partition coefficient (Wildman–Crippen LogP) is 1.91. The van der Waals surface area contributed by atoms with Crippen LogP contribution in [0.15, 0.2) is 54.6 Å². The van der Waals surface area contributed by atoms with E-state index in [2.05, 4.69) is 5.43 Å². The summed E-state index contributed by atoms with van der Waals surface area (Å²) in [6.07, 6.45) is -0.0768. The monoisotopic (exact) mass is 380 g/mol. The number of amides is 2. The molecule has 0 aromatic heterocycles. The van der Waals surface area contributed by atoms with Crippen molar-refractivity contribution in [2.75, 3.05) is 13.2 Å². The van der Waals surface area contributed by atoms with Crippen LogP contribution in [-0.4, -0.2) is 41.7 Å². The quantitative estimate of drug-likeness (QED) is 0.610. The number of ketones is 1. The molecule has 3 rings (SSSR count). The van der Waals surface area contributed by atoms with E-state index in [0.29, 0.717) is 11.1 Å². The first-order valence-electron chi connectivity index (χ1n) is 8.87. The highest BCUT2D eigenvalue weighted by molar-refractivity contribution is 5.98. The molecule has 1 aliphatic heterocycles. The largest absolute Gasteiger partial charge is 0.457 e. The molecule has 7 nitrogen and oxygen atoms in total. The van der Waals surface area contributed by atoms with Crippen LogP contribution in [0.4, 0.5) is 0 Å². The number of ether oxygens (including phenoxy) is 1. The van der Waals surface area contributed by atoms with Gasteiger partial charge in [-0.25, -0.2) is 0 Å². The topological polar surface area (TPSA) is 92.8 Å². The van der Waals surface area contributed by atoms with E-state index in [1.807, 2.05) is 6.92 Å². The Balaban J connectivity index is 1.52. The van der Waals surface area contributed by atoms with Gasteiger partial charge in [-0.15, -0.1) is 0 Å². The molecule has 1 unspecified atom stereocenters. The van der Waals surface area contributed by atoms with Crippen LogP contribution in [-0.2, 0) is 14.3 Å². The van der Waals surface area contributed by atoms with E-state index in [-0.39, 0.29) is 31.3 Å². The molecule has 1 fully saturated rings. The lowest BCUT2D eigenvalue weighted by molar-refractivity contribution is -0.147. The number of aryl methyl sites for hydroxylation is 1. The van der Waals surface area contributed by atoms with Gasteiger partial charge >= 0.3 is 5.97 Å². The molecule has 0 spiro atoms. The van der Waals surface area contributed by atoms with Crippen molar-refractivity contribution in [3.63, 3.8) is 0 Å². The molecule has 2 amide bonds. The zero-order valence-electron chi connectivity index (χ0n) is 15.4. The maximum atomic E-state index is 12.2. The van der Waals surface area contributed by atoms with Crippen molar-refractivity contribution in [1.29, 1.82) is 0 Å². The fourth-order valence-electron chi connectivity index (χ4n) is 2.83. The lowest BCUT2D eigenvalue weighted by atomic mass is 10.1. The van der Waals surface area contributed by atoms with Crippen LogP contribution in [0.3, 0.4) is 0 Å². The summed E-state index contributed by atoms with van der Waals surface area (Å²) in [4.78, 5) is 48.6. The summed E-state index contributed by atoms with van der Waals surface area (Å²) < 4.78 is 5.06. The first-order valence-corrected chi connectivity index (χ1v) is 8.87. The van der Waals surface area contributed by atoms with Crippen molar-refractivity contribution in [2.45, 2.75) is 13.3 Å². The van der Waals surface area contributed by atoms with Crippen LogP contribution < -0.4 is 5.43 Å². The standard InChI is InChI=1S/C21H20N2O5/c1-14-7-9-16(10-8-14)20(26)22-23-12-17(11-19(23)25)21(27)28-13-18(24)15-5-3-2-4-6-15/h2-10,17H,11-13H2,1H3,(H,22,26). The highest BCUT2D eigenvalue weighted by Crippen LogP contribution is 2.18. The van der Waals surface area contributed by atoms with Crippen LogP contribution >= 0.6 is 0 Å². The molecule has 1 N–H and O–H groups in total. The van der Waals surface area contributed by atoms with E-state index >= 15 is 0 Å². The minimum Gasteiger partial charge on any atom is -0.457 e. The Bertz CT molecular complexity index is 893. The second-order valence-electron chi connectivity index (χ2n) is 6.61. The molecule has 0 bridgehead atoms. The van der Waals surface area contributed by atoms with Gasteiger partial charge < -0.3 is 4.74 Å². The zero-order chi connectivity index (χ0) is 20.1. The second-order valence-corrected chi connectivity index (χ2v) is 6.61. The Labute approximate surface area is 162 Å². The molecule has 0 saturated carbocycles. The van der Waals surface area contributed by atoms with Gasteiger partial charge in [0.05, 0.1) is 12.5 Å². The number of carbonyl (C=O) groups excluding carboxylic acids is 4. The van der Waals surface area contributed by atoms with Crippen LogP contribution in [0.1, 0.15) is 32.7 Å². The number of hydrazine groups is 1. The Morgan fingerprint density at radius 3 is 2.39 bits per heavy atom. The van der Waals surface area contributed by atoms with Gasteiger partial charge in [0.25, 0.3) is 5.91 Å². The normalized spacial score (nSPS) is 16.0. The third kappa shape index (κ3) is 4.62. The Morgan fingerprint density at radius 2 is 1.71 bits per heavy atom. The van der Waals surface area contributed by atoms with Gasteiger partial charge in [-0.2, -0.15) is 0 Å².